The van der Waals surface area contributed by atoms with E-state index >= 15 is 0 Å². The van der Waals surface area contributed by atoms with Gasteiger partial charge in [0.15, 0.2) is 5.69 Å². The summed E-state index contributed by atoms with van der Waals surface area (Å²) in [5.74, 6) is -1.45. The number of hydrogen-bond donors (Lipinski definition) is 3. The van der Waals surface area contributed by atoms with Crippen molar-refractivity contribution < 1.29 is 14.7 Å². The molecule has 0 aliphatic carbocycles. The molecular weight excluding hydrogens is 392 g/mol. The molecule has 3 N–H and O–H groups in total. The minimum Gasteiger partial charge on any atom is -0.476 e. The summed E-state index contributed by atoms with van der Waals surface area (Å²) >= 11 is 0. The summed E-state index contributed by atoms with van der Waals surface area (Å²) in [6, 6.07) is 16.3. The number of carboxylic acids is 1. The quantitative estimate of drug-likeness (QED) is 0.588. The summed E-state index contributed by atoms with van der Waals surface area (Å²) in [5, 5.41) is 25.2. The fourth-order valence-corrected chi connectivity index (χ4v) is 3.74. The van der Waals surface area contributed by atoms with E-state index in [4.69, 9.17) is 0 Å². The molecule has 2 heterocycles. The van der Waals surface area contributed by atoms with Crippen LogP contribution in [0.4, 0.5) is 11.4 Å². The zero-order chi connectivity index (χ0) is 22.0. The number of carboxylic acid groups (broad SMARTS) is 1. The highest BCUT2D eigenvalue weighted by Gasteiger charge is 2.18. The number of nitriles is 1. The summed E-state index contributed by atoms with van der Waals surface area (Å²) in [6.45, 7) is 2.27. The number of aryl methyl sites for hydroxylation is 1. The van der Waals surface area contributed by atoms with Crippen LogP contribution in [0.1, 0.15) is 35.0 Å². The molecule has 3 aromatic rings. The van der Waals surface area contributed by atoms with E-state index in [1.54, 1.807) is 30.3 Å². The van der Waals surface area contributed by atoms with Gasteiger partial charge in [0.25, 0.3) is 0 Å². The molecule has 0 unspecified atom stereocenters. The lowest BCUT2D eigenvalue weighted by Crippen LogP contribution is -2.11. The first-order chi connectivity index (χ1) is 15.0. The largest absolute Gasteiger partial charge is 0.476 e. The smallest absolute Gasteiger partial charge is 0.355 e. The lowest BCUT2D eigenvalue weighted by atomic mass is 9.97. The lowest BCUT2D eigenvalue weighted by molar-refractivity contribution is -0.114. The molecule has 31 heavy (non-hydrogen) atoms. The van der Waals surface area contributed by atoms with Gasteiger partial charge in [-0.3, -0.25) is 4.79 Å². The second-order valence-electron chi connectivity index (χ2n) is 7.35. The molecule has 0 bridgehead atoms. The molecule has 0 saturated heterocycles. The molecule has 0 spiro atoms. The molecule has 0 atom stereocenters. The number of carbonyl (C=O) groups excluding carboxylic acids is 1. The number of benzene rings is 2. The average molecular weight is 412 g/mol. The van der Waals surface area contributed by atoms with Crippen molar-refractivity contribution in [2.24, 2.45) is 0 Å². The zero-order valence-electron chi connectivity index (χ0n) is 16.9. The van der Waals surface area contributed by atoms with Crippen molar-refractivity contribution in [2.45, 2.75) is 19.8 Å². The number of amides is 1. The van der Waals surface area contributed by atoms with Gasteiger partial charge in [-0.1, -0.05) is 18.2 Å². The van der Waals surface area contributed by atoms with Gasteiger partial charge >= 0.3 is 5.97 Å². The number of rotatable bonds is 4. The summed E-state index contributed by atoms with van der Waals surface area (Å²) < 4.78 is 0. The molecule has 1 amide bonds. The van der Waals surface area contributed by atoms with E-state index < -0.39 is 5.97 Å². The molecule has 0 radical (unpaired) electrons. The first-order valence-corrected chi connectivity index (χ1v) is 9.90. The van der Waals surface area contributed by atoms with Crippen molar-refractivity contribution in [3.63, 3.8) is 0 Å². The van der Waals surface area contributed by atoms with Gasteiger partial charge in [0, 0.05) is 30.3 Å². The Kier molecular flexibility index (Phi) is 5.37. The molecule has 1 aromatic heterocycles. The van der Waals surface area contributed by atoms with E-state index in [0.29, 0.717) is 22.5 Å². The highest BCUT2D eigenvalue weighted by molar-refractivity contribution is 5.96. The minimum atomic E-state index is -1.16. The highest BCUT2D eigenvalue weighted by atomic mass is 16.4. The van der Waals surface area contributed by atoms with Crippen LogP contribution in [0.15, 0.2) is 48.5 Å². The first kappa shape index (κ1) is 20.1. The van der Waals surface area contributed by atoms with E-state index in [2.05, 4.69) is 15.6 Å². The molecule has 4 rings (SSSR count). The van der Waals surface area contributed by atoms with Crippen molar-refractivity contribution in [2.75, 3.05) is 17.2 Å². The lowest BCUT2D eigenvalue weighted by Gasteiger charge is -2.19. The standard InChI is InChI=1S/C24H20N4O3/c1-14(29)27-21-8-6-16(11-18(21)13-25)19-7-9-20(28-23(19)24(30)31)17-5-4-15-3-2-10-26-22(15)12-17/h4-9,11-12,26H,2-3,10H2,1H3,(H,27,29)(H,30,31). The van der Waals surface area contributed by atoms with Crippen LogP contribution in [0, 0.1) is 11.3 Å². The Morgan fingerprint density at radius 1 is 1.13 bits per heavy atom. The molecule has 1 aliphatic rings. The third kappa shape index (κ3) is 4.09. The van der Waals surface area contributed by atoms with E-state index in [1.807, 2.05) is 24.3 Å². The van der Waals surface area contributed by atoms with Gasteiger partial charge < -0.3 is 15.7 Å². The van der Waals surface area contributed by atoms with Gasteiger partial charge in [-0.15, -0.1) is 0 Å². The molecule has 0 saturated carbocycles. The van der Waals surface area contributed by atoms with Crippen LogP contribution in [0.5, 0.6) is 0 Å². The van der Waals surface area contributed by atoms with Crippen molar-refractivity contribution in [1.29, 1.82) is 5.26 Å². The van der Waals surface area contributed by atoms with E-state index in [1.165, 1.54) is 12.5 Å². The van der Waals surface area contributed by atoms with E-state index in [0.717, 1.165) is 30.6 Å². The number of nitrogens with zero attached hydrogens (tertiary/aromatic N) is 2. The maximum atomic E-state index is 12.0. The van der Waals surface area contributed by atoms with Crippen LogP contribution in [0.2, 0.25) is 0 Å². The summed E-state index contributed by atoms with van der Waals surface area (Å²) in [4.78, 5) is 27.7. The number of aromatic nitrogens is 1. The first-order valence-electron chi connectivity index (χ1n) is 9.90. The Hall–Kier alpha value is -4.18. The zero-order valence-corrected chi connectivity index (χ0v) is 16.9. The maximum absolute atomic E-state index is 12.0. The van der Waals surface area contributed by atoms with Crippen LogP contribution in [0.25, 0.3) is 22.4 Å². The van der Waals surface area contributed by atoms with Crippen molar-refractivity contribution in [3.8, 4) is 28.5 Å². The number of anilines is 2. The SMILES string of the molecule is CC(=O)Nc1ccc(-c2ccc(-c3ccc4c(c3)NCCC4)nc2C(=O)O)cc1C#N. The number of nitrogens with one attached hydrogen (secondary N) is 2. The van der Waals surface area contributed by atoms with Crippen molar-refractivity contribution in [1.82, 2.24) is 4.98 Å². The Morgan fingerprint density at radius 2 is 1.94 bits per heavy atom. The van der Waals surface area contributed by atoms with Gasteiger partial charge in [-0.2, -0.15) is 5.26 Å². The Morgan fingerprint density at radius 3 is 2.68 bits per heavy atom. The summed E-state index contributed by atoms with van der Waals surface area (Å²) in [7, 11) is 0. The second-order valence-corrected chi connectivity index (χ2v) is 7.35. The van der Waals surface area contributed by atoms with Crippen LogP contribution in [-0.2, 0) is 11.2 Å². The number of pyridine rings is 1. The molecule has 7 nitrogen and oxygen atoms in total. The summed E-state index contributed by atoms with van der Waals surface area (Å²) in [6.07, 6.45) is 2.11. The fourth-order valence-electron chi connectivity index (χ4n) is 3.74. The van der Waals surface area contributed by atoms with Crippen molar-refractivity contribution in [3.05, 3.63) is 65.4 Å². The number of hydrogen-bond acceptors (Lipinski definition) is 5. The molecule has 1 aliphatic heterocycles. The van der Waals surface area contributed by atoms with Crippen LogP contribution < -0.4 is 10.6 Å². The molecule has 2 aromatic carbocycles. The van der Waals surface area contributed by atoms with E-state index in [9.17, 15) is 20.0 Å². The molecule has 154 valence electrons. The number of carbonyl (C=O) groups is 2. The van der Waals surface area contributed by atoms with Gasteiger partial charge in [0.1, 0.15) is 6.07 Å². The topological polar surface area (TPSA) is 115 Å². The third-order valence-corrected chi connectivity index (χ3v) is 5.20. The third-order valence-electron chi connectivity index (χ3n) is 5.20. The van der Waals surface area contributed by atoms with Gasteiger partial charge in [0.2, 0.25) is 5.91 Å². The van der Waals surface area contributed by atoms with E-state index in [-0.39, 0.29) is 17.2 Å². The molecule has 0 fully saturated rings. The Labute approximate surface area is 179 Å². The average Bonchev–Trinajstić information content (AvgIpc) is 2.78. The minimum absolute atomic E-state index is 0.0978. The van der Waals surface area contributed by atoms with Crippen LogP contribution in [0.3, 0.4) is 0 Å². The Bertz CT molecular complexity index is 1240. The second kappa shape index (κ2) is 8.28. The van der Waals surface area contributed by atoms with Crippen LogP contribution >= 0.6 is 0 Å². The Balaban J connectivity index is 1.76. The predicted molar refractivity (Wildman–Crippen MR) is 118 cm³/mol. The number of aromatic carboxylic acids is 1. The number of fused-ring (bicyclic) bond motifs is 1. The molecule has 7 heteroatoms. The van der Waals surface area contributed by atoms with Crippen molar-refractivity contribution >= 4 is 23.3 Å². The van der Waals surface area contributed by atoms with Gasteiger partial charge in [-0.05, 0) is 54.3 Å². The molecular formula is C24H20N4O3. The maximum Gasteiger partial charge on any atom is 0.355 e. The normalized spacial score (nSPS) is 12.3. The predicted octanol–water partition coefficient (Wildman–Crippen LogP) is 4.30. The van der Waals surface area contributed by atoms with Crippen LogP contribution in [-0.4, -0.2) is 28.5 Å². The summed E-state index contributed by atoms with van der Waals surface area (Å²) in [5.41, 5.74) is 5.15. The van der Waals surface area contributed by atoms with Gasteiger partial charge in [0.05, 0.1) is 16.9 Å². The monoisotopic (exact) mass is 412 g/mol. The van der Waals surface area contributed by atoms with Gasteiger partial charge in [-0.25, -0.2) is 9.78 Å². The highest BCUT2D eigenvalue weighted by Crippen LogP contribution is 2.32. The fraction of sp³-hybridized carbons (Fsp3) is 0.167.